The van der Waals surface area contributed by atoms with Gasteiger partial charge in [-0.25, -0.2) is 0 Å². The number of para-hydroxylation sites is 1. The van der Waals surface area contributed by atoms with E-state index in [-0.39, 0.29) is 29.1 Å². The number of ether oxygens (including phenoxy) is 1. The maximum absolute atomic E-state index is 12.7. The lowest BCUT2D eigenvalue weighted by atomic mass is 9.65. The highest BCUT2D eigenvalue weighted by atomic mass is 16.5. The van der Waals surface area contributed by atoms with E-state index in [0.29, 0.717) is 17.4 Å². The maximum Gasteiger partial charge on any atom is 0.260 e. The van der Waals surface area contributed by atoms with E-state index in [0.717, 1.165) is 25.8 Å². The van der Waals surface area contributed by atoms with Gasteiger partial charge in [0.1, 0.15) is 5.75 Å². The molecule has 1 aliphatic heterocycles. The molecule has 3 rings (SSSR count). The number of Topliss-reactive ketones (excluding diaryl/α,β-unsaturated/α-hetero) is 1. The zero-order chi connectivity index (χ0) is 17.5. The van der Waals surface area contributed by atoms with Gasteiger partial charge in [0.15, 0.2) is 12.4 Å². The number of hydrogen-bond acceptors (Lipinski definition) is 3. The minimum Gasteiger partial charge on any atom is -0.483 e. The number of hydrogen-bond donors (Lipinski definition) is 0. The van der Waals surface area contributed by atoms with Crippen LogP contribution >= 0.6 is 0 Å². The van der Waals surface area contributed by atoms with Crippen molar-refractivity contribution in [3.8, 4) is 5.75 Å². The molecule has 4 nitrogen and oxygen atoms in total. The smallest absolute Gasteiger partial charge is 0.260 e. The van der Waals surface area contributed by atoms with Crippen molar-refractivity contribution in [2.45, 2.75) is 53.0 Å². The number of fused-ring (bicyclic) bond motifs is 2. The van der Waals surface area contributed by atoms with Gasteiger partial charge >= 0.3 is 0 Å². The summed E-state index contributed by atoms with van der Waals surface area (Å²) < 4.78 is 5.69. The normalized spacial score (nSPS) is 27.8. The Morgan fingerprint density at radius 3 is 2.62 bits per heavy atom. The molecule has 0 radical (unpaired) electrons. The standard InChI is InChI=1S/C20H27NO3/c1-14(22)16-7-5-6-8-17(16)24-11-18(23)21-13-20(4)10-15(21)9-19(2,3)12-20/h5-8,15H,9-13H2,1-4H3/t15-,20-/m1/s1. The van der Waals surface area contributed by atoms with Crippen molar-refractivity contribution in [3.05, 3.63) is 29.8 Å². The molecule has 2 aliphatic rings. The Kier molecular flexibility index (Phi) is 4.18. The van der Waals surface area contributed by atoms with Gasteiger partial charge in [-0.05, 0) is 49.1 Å². The molecule has 1 amide bonds. The molecule has 0 unspecified atom stereocenters. The molecular formula is C20H27NO3. The Hall–Kier alpha value is -1.84. The third kappa shape index (κ3) is 3.33. The van der Waals surface area contributed by atoms with Crippen LogP contribution in [0.2, 0.25) is 0 Å². The first kappa shape index (κ1) is 17.0. The van der Waals surface area contributed by atoms with Gasteiger partial charge in [0.2, 0.25) is 0 Å². The van der Waals surface area contributed by atoms with Gasteiger partial charge in [0.05, 0.1) is 5.56 Å². The summed E-state index contributed by atoms with van der Waals surface area (Å²) in [5, 5.41) is 0. The molecule has 2 atom stereocenters. The molecule has 24 heavy (non-hydrogen) atoms. The average Bonchev–Trinajstić information content (AvgIpc) is 2.74. The number of benzene rings is 1. The van der Waals surface area contributed by atoms with Gasteiger partial charge in [0.25, 0.3) is 5.91 Å². The van der Waals surface area contributed by atoms with Gasteiger partial charge in [-0.1, -0.05) is 32.9 Å². The fraction of sp³-hybridized carbons (Fsp3) is 0.600. The van der Waals surface area contributed by atoms with Crippen LogP contribution < -0.4 is 4.74 Å². The van der Waals surface area contributed by atoms with Crippen LogP contribution in [-0.2, 0) is 4.79 Å². The second kappa shape index (κ2) is 5.91. The summed E-state index contributed by atoms with van der Waals surface area (Å²) in [7, 11) is 0. The zero-order valence-corrected chi connectivity index (χ0v) is 15.1. The van der Waals surface area contributed by atoms with E-state index in [9.17, 15) is 9.59 Å². The molecule has 2 fully saturated rings. The first-order valence-electron chi connectivity index (χ1n) is 8.71. The maximum atomic E-state index is 12.7. The lowest BCUT2D eigenvalue weighted by Gasteiger charge is -2.39. The summed E-state index contributed by atoms with van der Waals surface area (Å²) in [5.41, 5.74) is 1.03. The number of carbonyl (C=O) groups excluding carboxylic acids is 2. The third-order valence-electron chi connectivity index (χ3n) is 5.35. The van der Waals surface area contributed by atoms with Crippen molar-refractivity contribution < 1.29 is 14.3 Å². The molecule has 4 heteroatoms. The number of rotatable bonds is 4. The molecule has 1 aromatic carbocycles. The van der Waals surface area contributed by atoms with Crippen molar-refractivity contribution in [1.29, 1.82) is 0 Å². The minimum atomic E-state index is -0.0515. The fourth-order valence-corrected chi connectivity index (χ4v) is 4.86. The first-order chi connectivity index (χ1) is 11.2. The summed E-state index contributed by atoms with van der Waals surface area (Å²) >= 11 is 0. The SMILES string of the molecule is CC(=O)c1ccccc1OCC(=O)N1C[C@]2(C)C[C@H]1CC(C)(C)C2. The number of ketones is 1. The lowest BCUT2D eigenvalue weighted by molar-refractivity contribution is -0.134. The Bertz CT molecular complexity index is 667. The number of amides is 1. The summed E-state index contributed by atoms with van der Waals surface area (Å²) in [6.07, 6.45) is 3.30. The molecule has 1 saturated carbocycles. The van der Waals surface area contributed by atoms with E-state index in [2.05, 4.69) is 20.8 Å². The molecule has 1 aliphatic carbocycles. The van der Waals surface area contributed by atoms with Crippen molar-refractivity contribution in [2.24, 2.45) is 10.8 Å². The second-order valence-corrected chi connectivity index (χ2v) is 8.58. The van der Waals surface area contributed by atoms with Gasteiger partial charge < -0.3 is 9.64 Å². The van der Waals surface area contributed by atoms with Crippen LogP contribution in [0.5, 0.6) is 5.75 Å². The van der Waals surface area contributed by atoms with Crippen molar-refractivity contribution >= 4 is 11.7 Å². The molecule has 2 bridgehead atoms. The largest absolute Gasteiger partial charge is 0.483 e. The van der Waals surface area contributed by atoms with Crippen LogP contribution in [-0.4, -0.2) is 35.8 Å². The molecule has 0 spiro atoms. The van der Waals surface area contributed by atoms with Gasteiger partial charge in [-0.15, -0.1) is 0 Å². The van der Waals surface area contributed by atoms with Crippen LogP contribution in [0, 0.1) is 10.8 Å². The molecule has 130 valence electrons. The van der Waals surface area contributed by atoms with Crippen molar-refractivity contribution in [2.75, 3.05) is 13.2 Å². The van der Waals surface area contributed by atoms with Crippen LogP contribution in [0.1, 0.15) is 57.3 Å². The highest BCUT2D eigenvalue weighted by Gasteiger charge is 2.50. The van der Waals surface area contributed by atoms with Crippen LogP contribution in [0.3, 0.4) is 0 Å². The van der Waals surface area contributed by atoms with Crippen LogP contribution in [0.15, 0.2) is 24.3 Å². The topological polar surface area (TPSA) is 46.6 Å². The van der Waals surface area contributed by atoms with E-state index in [4.69, 9.17) is 4.74 Å². The Morgan fingerprint density at radius 2 is 1.92 bits per heavy atom. The van der Waals surface area contributed by atoms with Crippen LogP contribution in [0.4, 0.5) is 0 Å². The highest BCUT2D eigenvalue weighted by Crippen LogP contribution is 2.52. The Balaban J connectivity index is 1.68. The second-order valence-electron chi connectivity index (χ2n) is 8.58. The predicted molar refractivity (Wildman–Crippen MR) is 93.2 cm³/mol. The Morgan fingerprint density at radius 1 is 1.21 bits per heavy atom. The summed E-state index contributed by atoms with van der Waals surface area (Å²) in [6, 6.07) is 7.42. The molecule has 0 aromatic heterocycles. The average molecular weight is 329 g/mol. The zero-order valence-electron chi connectivity index (χ0n) is 15.1. The lowest BCUT2D eigenvalue weighted by Crippen LogP contribution is -2.40. The summed E-state index contributed by atoms with van der Waals surface area (Å²) in [4.78, 5) is 26.4. The fourth-order valence-electron chi connectivity index (χ4n) is 4.86. The summed E-state index contributed by atoms with van der Waals surface area (Å²) in [5.74, 6) is 0.469. The molecular weight excluding hydrogens is 302 g/mol. The molecule has 1 aromatic rings. The number of carbonyl (C=O) groups is 2. The monoisotopic (exact) mass is 329 g/mol. The van der Waals surface area contributed by atoms with Gasteiger partial charge in [0, 0.05) is 12.6 Å². The van der Waals surface area contributed by atoms with Crippen molar-refractivity contribution in [1.82, 2.24) is 4.90 Å². The van der Waals surface area contributed by atoms with E-state index in [1.807, 2.05) is 11.0 Å². The quantitative estimate of drug-likeness (QED) is 0.791. The van der Waals surface area contributed by atoms with Gasteiger partial charge in [-0.3, -0.25) is 9.59 Å². The molecule has 1 heterocycles. The number of nitrogens with zero attached hydrogens (tertiary/aromatic N) is 1. The Labute approximate surface area is 144 Å². The van der Waals surface area contributed by atoms with Gasteiger partial charge in [-0.2, -0.15) is 0 Å². The van der Waals surface area contributed by atoms with E-state index in [1.54, 1.807) is 18.2 Å². The minimum absolute atomic E-state index is 0.00268. The first-order valence-corrected chi connectivity index (χ1v) is 8.71. The number of likely N-dealkylation sites (tertiary alicyclic amines) is 1. The van der Waals surface area contributed by atoms with E-state index < -0.39 is 0 Å². The van der Waals surface area contributed by atoms with Crippen LogP contribution in [0.25, 0.3) is 0 Å². The third-order valence-corrected chi connectivity index (χ3v) is 5.35. The highest BCUT2D eigenvalue weighted by molar-refractivity contribution is 5.96. The van der Waals surface area contributed by atoms with E-state index in [1.165, 1.54) is 6.92 Å². The molecule has 1 saturated heterocycles. The van der Waals surface area contributed by atoms with Crippen molar-refractivity contribution in [3.63, 3.8) is 0 Å². The molecule has 0 N–H and O–H groups in total. The predicted octanol–water partition coefficient (Wildman–Crippen LogP) is 3.70. The van der Waals surface area contributed by atoms with E-state index >= 15 is 0 Å². The summed E-state index contributed by atoms with van der Waals surface area (Å²) in [6.45, 7) is 9.21.